The highest BCUT2D eigenvalue weighted by molar-refractivity contribution is 6.38. The van der Waals surface area contributed by atoms with Gasteiger partial charge in [0.05, 0.1) is 5.69 Å². The maximum Gasteiger partial charge on any atom is 0.259 e. The van der Waals surface area contributed by atoms with Crippen molar-refractivity contribution >= 4 is 46.4 Å². The smallest absolute Gasteiger partial charge is 0.259 e. The lowest BCUT2D eigenvalue weighted by molar-refractivity contribution is -0.113. The average Bonchev–Trinajstić information content (AvgIpc) is 2.75. The van der Waals surface area contributed by atoms with Gasteiger partial charge in [0.2, 0.25) is 0 Å². The number of benzene rings is 2. The molecule has 23 heavy (non-hydrogen) atoms. The van der Waals surface area contributed by atoms with Crippen molar-refractivity contribution in [3.05, 3.63) is 63.6 Å². The molecule has 118 valence electrons. The molecule has 3 rings (SSSR count). The molecule has 1 aliphatic rings. The normalized spacial score (nSPS) is 15.6. The molecule has 0 saturated heterocycles. The summed E-state index contributed by atoms with van der Waals surface area (Å²) < 4.78 is 0. The lowest BCUT2D eigenvalue weighted by Crippen LogP contribution is -2.30. The van der Waals surface area contributed by atoms with Gasteiger partial charge >= 0.3 is 0 Å². The monoisotopic (exact) mass is 345 g/mol. The van der Waals surface area contributed by atoms with Crippen LogP contribution in [0.1, 0.15) is 25.0 Å². The van der Waals surface area contributed by atoms with Gasteiger partial charge < -0.3 is 4.90 Å². The van der Waals surface area contributed by atoms with Crippen LogP contribution in [0.2, 0.25) is 10.0 Å². The summed E-state index contributed by atoms with van der Waals surface area (Å²) in [6.45, 7) is 4.91. The zero-order valence-electron chi connectivity index (χ0n) is 13.0. The number of amides is 1. The van der Waals surface area contributed by atoms with Crippen molar-refractivity contribution in [3.63, 3.8) is 0 Å². The van der Waals surface area contributed by atoms with Gasteiger partial charge in [-0.2, -0.15) is 0 Å². The van der Waals surface area contributed by atoms with E-state index in [0.29, 0.717) is 28.1 Å². The van der Waals surface area contributed by atoms with Crippen LogP contribution in [0.3, 0.4) is 0 Å². The van der Waals surface area contributed by atoms with Gasteiger partial charge in [0.25, 0.3) is 5.91 Å². The van der Waals surface area contributed by atoms with Gasteiger partial charge in [0, 0.05) is 27.7 Å². The van der Waals surface area contributed by atoms with E-state index in [1.165, 1.54) is 0 Å². The predicted octanol–water partition coefficient (Wildman–Crippen LogP) is 5.54. The number of anilines is 1. The summed E-state index contributed by atoms with van der Waals surface area (Å²) in [7, 11) is 0. The van der Waals surface area contributed by atoms with E-state index in [4.69, 9.17) is 23.2 Å². The fourth-order valence-electron chi connectivity index (χ4n) is 2.77. The maximum absolute atomic E-state index is 12.9. The first-order chi connectivity index (χ1) is 11.0. The molecule has 0 spiro atoms. The quantitative estimate of drug-likeness (QED) is 0.669. The number of nitrogens with zero attached hydrogens (tertiary/aromatic N) is 1. The second-order valence-corrected chi connectivity index (χ2v) is 6.89. The minimum atomic E-state index is 0.0194. The molecule has 1 aliphatic heterocycles. The van der Waals surface area contributed by atoms with Crippen molar-refractivity contribution in [3.8, 4) is 0 Å². The Labute approximate surface area is 146 Å². The van der Waals surface area contributed by atoms with Crippen molar-refractivity contribution in [1.82, 2.24) is 0 Å². The molecular formula is C19H17Cl2NO. The number of halogens is 2. The maximum atomic E-state index is 12.9. The third kappa shape index (κ3) is 3.15. The summed E-state index contributed by atoms with van der Waals surface area (Å²) >= 11 is 12.2. The Kier molecular flexibility index (Phi) is 4.47. The Hall–Kier alpha value is -1.77. The Morgan fingerprint density at radius 3 is 2.57 bits per heavy atom. The molecule has 4 heteroatoms. The van der Waals surface area contributed by atoms with Gasteiger partial charge in [-0.25, -0.2) is 0 Å². The highest BCUT2D eigenvalue weighted by Crippen LogP contribution is 2.38. The number of hydrogen-bond acceptors (Lipinski definition) is 1. The first-order valence-electron chi connectivity index (χ1n) is 7.55. The molecule has 1 heterocycles. The summed E-state index contributed by atoms with van der Waals surface area (Å²) in [4.78, 5) is 14.7. The van der Waals surface area contributed by atoms with E-state index in [9.17, 15) is 4.79 Å². The van der Waals surface area contributed by atoms with Crippen LogP contribution in [0, 0.1) is 5.92 Å². The van der Waals surface area contributed by atoms with Gasteiger partial charge in [-0.3, -0.25) is 4.79 Å². The molecule has 0 radical (unpaired) electrons. The third-order valence-electron chi connectivity index (χ3n) is 3.77. The number of hydrogen-bond donors (Lipinski definition) is 0. The van der Waals surface area contributed by atoms with Gasteiger partial charge in [0.1, 0.15) is 0 Å². The Balaban J connectivity index is 2.09. The minimum absolute atomic E-state index is 0.0194. The molecule has 0 unspecified atom stereocenters. The molecule has 0 fully saturated rings. The minimum Gasteiger partial charge on any atom is -0.307 e. The van der Waals surface area contributed by atoms with E-state index in [0.717, 1.165) is 16.8 Å². The van der Waals surface area contributed by atoms with Crippen LogP contribution in [0.4, 0.5) is 5.69 Å². The van der Waals surface area contributed by atoms with Crippen LogP contribution in [0.5, 0.6) is 0 Å². The van der Waals surface area contributed by atoms with Crippen LogP contribution in [0.15, 0.2) is 42.5 Å². The second-order valence-electron chi connectivity index (χ2n) is 6.05. The zero-order valence-corrected chi connectivity index (χ0v) is 14.5. The van der Waals surface area contributed by atoms with Gasteiger partial charge in [0.15, 0.2) is 0 Å². The first-order valence-corrected chi connectivity index (χ1v) is 8.31. The Morgan fingerprint density at radius 2 is 1.87 bits per heavy atom. The second kappa shape index (κ2) is 6.38. The van der Waals surface area contributed by atoms with E-state index >= 15 is 0 Å². The van der Waals surface area contributed by atoms with E-state index in [1.807, 2.05) is 41.3 Å². The molecule has 1 amide bonds. The molecule has 2 aromatic rings. The molecule has 0 bridgehead atoms. The molecule has 0 N–H and O–H groups in total. The summed E-state index contributed by atoms with van der Waals surface area (Å²) in [6.07, 6.45) is 1.85. The summed E-state index contributed by atoms with van der Waals surface area (Å²) in [5.41, 5.74) is 3.37. The summed E-state index contributed by atoms with van der Waals surface area (Å²) in [5.74, 6) is 0.413. The van der Waals surface area contributed by atoms with Crippen molar-refractivity contribution in [2.75, 3.05) is 11.4 Å². The van der Waals surface area contributed by atoms with Crippen LogP contribution >= 0.6 is 23.2 Å². The van der Waals surface area contributed by atoms with E-state index in [2.05, 4.69) is 13.8 Å². The summed E-state index contributed by atoms with van der Waals surface area (Å²) in [5, 5.41) is 1.12. The van der Waals surface area contributed by atoms with Gasteiger partial charge in [-0.1, -0.05) is 61.3 Å². The fourth-order valence-corrected chi connectivity index (χ4v) is 3.23. The molecule has 2 aromatic carbocycles. The fraction of sp³-hybridized carbons (Fsp3) is 0.211. The van der Waals surface area contributed by atoms with Crippen molar-refractivity contribution < 1.29 is 4.79 Å². The van der Waals surface area contributed by atoms with Gasteiger partial charge in [-0.05, 0) is 35.8 Å². The molecular weight excluding hydrogens is 329 g/mol. The lowest BCUT2D eigenvalue weighted by atomic mass is 10.0. The highest BCUT2D eigenvalue weighted by atomic mass is 35.5. The standard InChI is InChI=1S/C19H17Cl2NO/c1-12(2)11-22-18-6-4-3-5-15(18)16(19(22)23)9-13-7-8-14(20)10-17(13)21/h3-10,12H,11H2,1-2H3/b16-9-. The molecule has 0 aliphatic carbocycles. The van der Waals surface area contributed by atoms with Gasteiger partial charge in [-0.15, -0.1) is 0 Å². The van der Waals surface area contributed by atoms with Crippen LogP contribution in [0.25, 0.3) is 11.6 Å². The molecule has 2 nitrogen and oxygen atoms in total. The molecule has 0 aromatic heterocycles. The van der Waals surface area contributed by atoms with Crippen molar-refractivity contribution in [2.24, 2.45) is 5.92 Å². The topological polar surface area (TPSA) is 20.3 Å². The highest BCUT2D eigenvalue weighted by Gasteiger charge is 2.32. The SMILES string of the molecule is CC(C)CN1C(=O)/C(=C\c2ccc(Cl)cc2Cl)c2ccccc21. The van der Waals surface area contributed by atoms with Crippen molar-refractivity contribution in [2.45, 2.75) is 13.8 Å². The van der Waals surface area contributed by atoms with Crippen LogP contribution in [-0.2, 0) is 4.79 Å². The molecule has 0 saturated carbocycles. The third-order valence-corrected chi connectivity index (χ3v) is 4.33. The number of carbonyl (C=O) groups is 1. The van der Waals surface area contributed by atoms with Crippen LogP contribution in [-0.4, -0.2) is 12.5 Å². The Bertz CT molecular complexity index is 796. The lowest BCUT2D eigenvalue weighted by Gasteiger charge is -2.19. The largest absolute Gasteiger partial charge is 0.307 e. The first kappa shape index (κ1) is 16.1. The summed E-state index contributed by atoms with van der Waals surface area (Å²) in [6, 6.07) is 13.2. The number of carbonyl (C=O) groups excluding carboxylic acids is 1. The number of fused-ring (bicyclic) bond motifs is 1. The molecule has 0 atom stereocenters. The Morgan fingerprint density at radius 1 is 1.13 bits per heavy atom. The average molecular weight is 346 g/mol. The predicted molar refractivity (Wildman–Crippen MR) is 98.0 cm³/mol. The van der Waals surface area contributed by atoms with E-state index in [1.54, 1.807) is 12.1 Å². The van der Waals surface area contributed by atoms with Crippen LogP contribution < -0.4 is 4.90 Å². The number of para-hydroxylation sites is 1. The van der Waals surface area contributed by atoms with E-state index < -0.39 is 0 Å². The van der Waals surface area contributed by atoms with Crippen molar-refractivity contribution in [1.29, 1.82) is 0 Å². The number of rotatable bonds is 3. The van der Waals surface area contributed by atoms with E-state index in [-0.39, 0.29) is 5.91 Å². The zero-order chi connectivity index (χ0) is 16.6.